The molecule has 1 N–H and O–H groups in total. The summed E-state index contributed by atoms with van der Waals surface area (Å²) in [6.45, 7) is 2.04. The van der Waals surface area contributed by atoms with Crippen LogP contribution in [0.4, 0.5) is 5.69 Å². The maximum Gasteiger partial charge on any atom is 0.350 e. The summed E-state index contributed by atoms with van der Waals surface area (Å²) in [6, 6.07) is 15.1. The fraction of sp³-hybridized carbons (Fsp3) is 0.158. The summed E-state index contributed by atoms with van der Waals surface area (Å²) in [5.41, 5.74) is 1.11. The Morgan fingerprint density at radius 3 is 2.60 bits per heavy atom. The summed E-state index contributed by atoms with van der Waals surface area (Å²) in [4.78, 5) is 26.3. The predicted molar refractivity (Wildman–Crippen MR) is 104 cm³/mol. The topological polar surface area (TPSA) is 55.4 Å². The lowest BCUT2D eigenvalue weighted by Crippen LogP contribution is -2.15. The second kappa shape index (κ2) is 7.72. The van der Waals surface area contributed by atoms with E-state index in [4.69, 9.17) is 4.74 Å². The van der Waals surface area contributed by atoms with Gasteiger partial charge in [-0.05, 0) is 24.0 Å². The first-order valence-electron chi connectivity index (χ1n) is 7.78. The van der Waals surface area contributed by atoms with Gasteiger partial charge in [-0.3, -0.25) is 4.79 Å². The number of amides is 1. The molecule has 3 aromatic rings. The van der Waals surface area contributed by atoms with Crippen molar-refractivity contribution in [2.24, 2.45) is 0 Å². The molecular weight excluding hydrogens is 354 g/mol. The lowest BCUT2D eigenvalue weighted by atomic mass is 10.2. The van der Waals surface area contributed by atoms with E-state index in [0.717, 1.165) is 20.7 Å². The molecule has 0 saturated carbocycles. The number of carbonyl (C=O) groups excluding carboxylic acids is 2. The third kappa shape index (κ3) is 3.55. The van der Waals surface area contributed by atoms with Crippen molar-refractivity contribution >= 4 is 50.7 Å². The van der Waals surface area contributed by atoms with E-state index in [1.807, 2.05) is 49.4 Å². The number of esters is 1. The van der Waals surface area contributed by atoms with Crippen molar-refractivity contribution in [1.29, 1.82) is 0 Å². The number of benzene rings is 2. The molecule has 0 aliphatic rings. The van der Waals surface area contributed by atoms with Crippen LogP contribution in [-0.4, -0.2) is 24.7 Å². The Labute approximate surface area is 154 Å². The zero-order valence-electron chi connectivity index (χ0n) is 13.9. The number of thiophene rings is 1. The Balaban J connectivity index is 2.03. The van der Waals surface area contributed by atoms with Gasteiger partial charge >= 0.3 is 5.97 Å². The highest BCUT2D eigenvalue weighted by atomic mass is 32.2. The predicted octanol–water partition coefficient (Wildman–Crippen LogP) is 5.05. The molecule has 0 aliphatic heterocycles. The smallest absolute Gasteiger partial charge is 0.350 e. The van der Waals surface area contributed by atoms with Gasteiger partial charge in [-0.25, -0.2) is 4.79 Å². The van der Waals surface area contributed by atoms with Crippen molar-refractivity contribution in [3.63, 3.8) is 0 Å². The number of thioether (sulfide) groups is 1. The van der Waals surface area contributed by atoms with Crippen LogP contribution in [0.5, 0.6) is 0 Å². The van der Waals surface area contributed by atoms with E-state index in [9.17, 15) is 9.59 Å². The van der Waals surface area contributed by atoms with Crippen molar-refractivity contribution in [2.45, 2.75) is 11.8 Å². The van der Waals surface area contributed by atoms with Gasteiger partial charge in [0.1, 0.15) is 4.88 Å². The highest BCUT2D eigenvalue weighted by Crippen LogP contribution is 2.36. The molecule has 25 heavy (non-hydrogen) atoms. The summed E-state index contributed by atoms with van der Waals surface area (Å²) in [6.07, 6.45) is 0. The number of fused-ring (bicyclic) bond motifs is 1. The van der Waals surface area contributed by atoms with Crippen LogP contribution in [0.25, 0.3) is 10.1 Å². The van der Waals surface area contributed by atoms with Gasteiger partial charge in [-0.2, -0.15) is 0 Å². The molecular formula is C19H17NO3S2. The zero-order chi connectivity index (χ0) is 17.8. The third-order valence-electron chi connectivity index (χ3n) is 3.64. The highest BCUT2D eigenvalue weighted by Gasteiger charge is 2.22. The number of methoxy groups -OCH3 is 1. The largest absolute Gasteiger partial charge is 0.465 e. The molecule has 1 heterocycles. The standard InChI is InChI=1S/C19H17NO3S2/c1-3-24-14-10-6-5-9-13(14)18(21)20-16-12-8-4-7-11-15(12)25-17(16)19(22)23-2/h4-11H,3H2,1-2H3,(H,20,21). The molecule has 1 aromatic heterocycles. The molecule has 0 fully saturated rings. The number of rotatable bonds is 5. The normalized spacial score (nSPS) is 10.6. The monoisotopic (exact) mass is 371 g/mol. The summed E-state index contributed by atoms with van der Waals surface area (Å²) in [7, 11) is 1.34. The van der Waals surface area contributed by atoms with Crippen LogP contribution in [0, 0.1) is 0 Å². The van der Waals surface area contributed by atoms with Crippen LogP contribution in [0.2, 0.25) is 0 Å². The molecule has 1 amide bonds. The van der Waals surface area contributed by atoms with Crippen molar-refractivity contribution in [3.8, 4) is 0 Å². The first kappa shape index (κ1) is 17.5. The molecule has 0 unspecified atom stereocenters. The van der Waals surface area contributed by atoms with Crippen LogP contribution < -0.4 is 5.32 Å². The van der Waals surface area contributed by atoms with E-state index in [1.54, 1.807) is 17.8 Å². The van der Waals surface area contributed by atoms with Gasteiger partial charge in [0.15, 0.2) is 0 Å². The number of carbonyl (C=O) groups is 2. The van der Waals surface area contributed by atoms with E-state index in [-0.39, 0.29) is 5.91 Å². The third-order valence-corrected chi connectivity index (χ3v) is 5.74. The SMILES string of the molecule is CCSc1ccccc1C(=O)Nc1c(C(=O)OC)sc2ccccc12. The molecule has 0 spiro atoms. The molecule has 0 saturated heterocycles. The van der Waals surface area contributed by atoms with E-state index in [0.29, 0.717) is 16.1 Å². The van der Waals surface area contributed by atoms with Gasteiger partial charge in [0.05, 0.1) is 18.4 Å². The van der Waals surface area contributed by atoms with Gasteiger partial charge in [0.25, 0.3) is 5.91 Å². The van der Waals surface area contributed by atoms with Gasteiger partial charge in [0, 0.05) is 15.0 Å². The van der Waals surface area contributed by atoms with Crippen molar-refractivity contribution in [1.82, 2.24) is 0 Å². The quantitative estimate of drug-likeness (QED) is 0.503. The van der Waals surface area contributed by atoms with Crippen molar-refractivity contribution < 1.29 is 14.3 Å². The van der Waals surface area contributed by atoms with Crippen molar-refractivity contribution in [2.75, 3.05) is 18.2 Å². The van der Waals surface area contributed by atoms with E-state index < -0.39 is 5.97 Å². The average molecular weight is 371 g/mol. The number of hydrogen-bond acceptors (Lipinski definition) is 5. The van der Waals surface area contributed by atoms with Crippen LogP contribution in [-0.2, 0) is 4.74 Å². The number of anilines is 1. The number of hydrogen-bond donors (Lipinski definition) is 1. The van der Waals surface area contributed by atoms with Crippen LogP contribution >= 0.6 is 23.1 Å². The summed E-state index contributed by atoms with van der Waals surface area (Å²) >= 11 is 2.93. The van der Waals surface area contributed by atoms with Crippen LogP contribution in [0.3, 0.4) is 0 Å². The minimum absolute atomic E-state index is 0.231. The molecule has 0 bridgehead atoms. The summed E-state index contributed by atoms with van der Waals surface area (Å²) < 4.78 is 5.80. The van der Waals surface area contributed by atoms with Gasteiger partial charge in [-0.1, -0.05) is 37.3 Å². The minimum atomic E-state index is -0.451. The average Bonchev–Trinajstić information content (AvgIpc) is 3.00. The van der Waals surface area contributed by atoms with E-state index >= 15 is 0 Å². The van der Waals surface area contributed by atoms with Crippen molar-refractivity contribution in [3.05, 3.63) is 59.0 Å². The Bertz CT molecular complexity index is 933. The summed E-state index contributed by atoms with van der Waals surface area (Å²) in [5.74, 6) is 0.192. The second-order valence-electron chi connectivity index (χ2n) is 5.18. The fourth-order valence-corrected chi connectivity index (χ4v) is 4.40. The maximum atomic E-state index is 12.8. The van der Waals surface area contributed by atoms with Gasteiger partial charge in [-0.15, -0.1) is 23.1 Å². The molecule has 128 valence electrons. The number of nitrogens with one attached hydrogen (secondary N) is 1. The minimum Gasteiger partial charge on any atom is -0.465 e. The highest BCUT2D eigenvalue weighted by molar-refractivity contribution is 7.99. The van der Waals surface area contributed by atoms with Gasteiger partial charge < -0.3 is 10.1 Å². The lowest BCUT2D eigenvalue weighted by molar-refractivity contribution is 0.0607. The Kier molecular flexibility index (Phi) is 5.40. The zero-order valence-corrected chi connectivity index (χ0v) is 15.5. The maximum absolute atomic E-state index is 12.8. The Morgan fingerprint density at radius 2 is 1.84 bits per heavy atom. The molecule has 4 nitrogen and oxygen atoms in total. The molecule has 0 atom stereocenters. The first-order valence-corrected chi connectivity index (χ1v) is 9.59. The molecule has 6 heteroatoms. The first-order chi connectivity index (χ1) is 12.2. The lowest BCUT2D eigenvalue weighted by Gasteiger charge is -2.10. The molecule has 0 aliphatic carbocycles. The Morgan fingerprint density at radius 1 is 1.12 bits per heavy atom. The molecule has 2 aromatic carbocycles. The van der Waals surface area contributed by atoms with Crippen LogP contribution in [0.15, 0.2) is 53.4 Å². The second-order valence-corrected chi connectivity index (χ2v) is 7.54. The van der Waals surface area contributed by atoms with Crippen LogP contribution in [0.1, 0.15) is 27.0 Å². The molecule has 3 rings (SSSR count). The summed E-state index contributed by atoms with van der Waals surface area (Å²) in [5, 5.41) is 3.76. The van der Waals surface area contributed by atoms with E-state index in [2.05, 4.69) is 5.32 Å². The van der Waals surface area contributed by atoms with E-state index in [1.165, 1.54) is 18.4 Å². The molecule has 0 radical (unpaired) electrons. The fourth-order valence-electron chi connectivity index (χ4n) is 2.52. The van der Waals surface area contributed by atoms with Gasteiger partial charge in [0.2, 0.25) is 0 Å². The number of ether oxygens (including phenoxy) is 1. The Hall–Kier alpha value is -2.31.